The van der Waals surface area contributed by atoms with Crippen LogP contribution in [-0.2, 0) is 11.0 Å². The molecule has 0 bridgehead atoms. The van der Waals surface area contributed by atoms with Gasteiger partial charge in [0.2, 0.25) is 5.91 Å². The number of thiocarbonyl (C=S) groups is 1. The number of nitrogens with two attached hydrogens (primary N) is 1. The van der Waals surface area contributed by atoms with Crippen LogP contribution in [0.4, 0.5) is 18.9 Å². The van der Waals surface area contributed by atoms with Gasteiger partial charge in [0.1, 0.15) is 4.99 Å². The Hall–Kier alpha value is -1.83. The van der Waals surface area contributed by atoms with Crippen molar-refractivity contribution in [3.63, 3.8) is 0 Å². The zero-order valence-electron chi connectivity index (χ0n) is 11.0. The van der Waals surface area contributed by atoms with Gasteiger partial charge >= 0.3 is 6.18 Å². The van der Waals surface area contributed by atoms with E-state index in [0.717, 1.165) is 12.5 Å². The second kappa shape index (κ2) is 5.88. The molecule has 8 heteroatoms. The van der Waals surface area contributed by atoms with Crippen molar-refractivity contribution >= 4 is 28.8 Å². The molecule has 0 saturated carbocycles. The third kappa shape index (κ3) is 3.63. The first kappa shape index (κ1) is 15.6. The largest absolute Gasteiger partial charge is 0.417 e. The molecule has 0 aliphatic carbocycles. The fourth-order valence-corrected chi connectivity index (χ4v) is 2.38. The van der Waals surface area contributed by atoms with Crippen molar-refractivity contribution in [2.24, 2.45) is 5.73 Å². The van der Waals surface area contributed by atoms with E-state index < -0.39 is 11.7 Å². The Balaban J connectivity index is 2.40. The summed E-state index contributed by atoms with van der Waals surface area (Å²) in [6, 6.07) is 3.58. The highest BCUT2D eigenvalue weighted by Crippen LogP contribution is 2.34. The standard InChI is InChI=1S/C13H14F3N3OS/c14-13(15,16)10-3-2-8(6-9(10)12(17)21)19-5-1-4-18-11(20)7-19/h2-3,6H,1,4-5,7H2,(H2,17,21)(H,18,20). The number of rotatable bonds is 2. The van der Waals surface area contributed by atoms with Crippen LogP contribution in [0.3, 0.4) is 0 Å². The van der Waals surface area contributed by atoms with E-state index in [1.807, 2.05) is 0 Å². The Bertz CT molecular complexity index is 574. The smallest absolute Gasteiger partial charge is 0.389 e. The van der Waals surface area contributed by atoms with Gasteiger partial charge in [-0.05, 0) is 24.6 Å². The van der Waals surface area contributed by atoms with Gasteiger partial charge in [-0.2, -0.15) is 13.2 Å². The van der Waals surface area contributed by atoms with E-state index in [-0.39, 0.29) is 23.0 Å². The van der Waals surface area contributed by atoms with Crippen molar-refractivity contribution in [2.75, 3.05) is 24.5 Å². The fourth-order valence-electron chi connectivity index (χ4n) is 2.21. The number of hydrogen-bond acceptors (Lipinski definition) is 3. The average molecular weight is 317 g/mol. The van der Waals surface area contributed by atoms with Gasteiger partial charge in [-0.25, -0.2) is 0 Å². The minimum absolute atomic E-state index is 0.0993. The summed E-state index contributed by atoms with van der Waals surface area (Å²) in [4.78, 5) is 12.9. The van der Waals surface area contributed by atoms with Crippen LogP contribution in [0.15, 0.2) is 18.2 Å². The summed E-state index contributed by atoms with van der Waals surface area (Å²) in [5, 5.41) is 2.71. The van der Waals surface area contributed by atoms with Crippen molar-refractivity contribution in [2.45, 2.75) is 12.6 Å². The second-order valence-electron chi connectivity index (χ2n) is 4.72. The normalized spacial score (nSPS) is 16.3. The van der Waals surface area contributed by atoms with Crippen LogP contribution in [0.1, 0.15) is 17.5 Å². The molecule has 1 aliphatic heterocycles. The number of benzene rings is 1. The first-order valence-electron chi connectivity index (χ1n) is 6.32. The van der Waals surface area contributed by atoms with Crippen LogP contribution in [0, 0.1) is 0 Å². The minimum Gasteiger partial charge on any atom is -0.389 e. The second-order valence-corrected chi connectivity index (χ2v) is 5.16. The highest BCUT2D eigenvalue weighted by Gasteiger charge is 2.34. The summed E-state index contributed by atoms with van der Waals surface area (Å²) < 4.78 is 38.8. The number of carbonyl (C=O) groups is 1. The first-order chi connectivity index (χ1) is 9.79. The maximum absolute atomic E-state index is 12.9. The van der Waals surface area contributed by atoms with E-state index in [1.165, 1.54) is 12.1 Å². The number of nitrogens with one attached hydrogen (secondary N) is 1. The van der Waals surface area contributed by atoms with Crippen LogP contribution in [-0.4, -0.2) is 30.5 Å². The Kier molecular flexibility index (Phi) is 4.36. The molecule has 1 fully saturated rings. The van der Waals surface area contributed by atoms with Gasteiger partial charge in [0, 0.05) is 24.3 Å². The molecular weight excluding hydrogens is 303 g/mol. The lowest BCUT2D eigenvalue weighted by Gasteiger charge is -2.23. The zero-order valence-corrected chi connectivity index (χ0v) is 11.9. The highest BCUT2D eigenvalue weighted by atomic mass is 32.1. The lowest BCUT2D eigenvalue weighted by Crippen LogP contribution is -2.33. The molecule has 1 saturated heterocycles. The fraction of sp³-hybridized carbons (Fsp3) is 0.385. The van der Waals surface area contributed by atoms with E-state index >= 15 is 0 Å². The molecule has 4 nitrogen and oxygen atoms in total. The molecule has 1 amide bonds. The van der Waals surface area contributed by atoms with E-state index in [0.29, 0.717) is 18.8 Å². The third-order valence-corrected chi connectivity index (χ3v) is 3.42. The molecule has 1 aliphatic rings. The molecule has 0 unspecified atom stereocenters. The van der Waals surface area contributed by atoms with E-state index in [2.05, 4.69) is 5.32 Å². The monoisotopic (exact) mass is 317 g/mol. The summed E-state index contributed by atoms with van der Waals surface area (Å²) in [6.45, 7) is 1.22. The van der Waals surface area contributed by atoms with Crippen molar-refractivity contribution in [3.05, 3.63) is 29.3 Å². The van der Waals surface area contributed by atoms with Crippen LogP contribution < -0.4 is 16.0 Å². The number of hydrogen-bond donors (Lipinski definition) is 2. The number of alkyl halides is 3. The Morgan fingerprint density at radius 3 is 2.71 bits per heavy atom. The molecule has 0 aromatic heterocycles. The summed E-state index contributed by atoms with van der Waals surface area (Å²) in [5.41, 5.74) is 4.82. The lowest BCUT2D eigenvalue weighted by molar-refractivity contribution is -0.137. The number of halogens is 3. The molecule has 1 heterocycles. The van der Waals surface area contributed by atoms with Gasteiger partial charge in [0.05, 0.1) is 12.1 Å². The van der Waals surface area contributed by atoms with E-state index in [4.69, 9.17) is 18.0 Å². The van der Waals surface area contributed by atoms with Gasteiger partial charge in [-0.1, -0.05) is 12.2 Å². The Labute approximate surface area is 125 Å². The maximum Gasteiger partial charge on any atom is 0.417 e. The van der Waals surface area contributed by atoms with Crippen LogP contribution in [0.5, 0.6) is 0 Å². The topological polar surface area (TPSA) is 58.4 Å². The molecule has 0 atom stereocenters. The number of carbonyl (C=O) groups excluding carboxylic acids is 1. The van der Waals surface area contributed by atoms with Crippen molar-refractivity contribution in [1.29, 1.82) is 0 Å². The SMILES string of the molecule is NC(=S)c1cc(N2CCCNC(=O)C2)ccc1C(F)(F)F. The Morgan fingerprint density at radius 2 is 2.10 bits per heavy atom. The first-order valence-corrected chi connectivity index (χ1v) is 6.72. The number of anilines is 1. The van der Waals surface area contributed by atoms with Crippen LogP contribution >= 0.6 is 12.2 Å². The van der Waals surface area contributed by atoms with Gasteiger partial charge in [0.15, 0.2) is 0 Å². The van der Waals surface area contributed by atoms with Crippen molar-refractivity contribution < 1.29 is 18.0 Å². The number of amides is 1. The zero-order chi connectivity index (χ0) is 15.6. The summed E-state index contributed by atoms with van der Waals surface area (Å²) in [6.07, 6.45) is -3.80. The molecule has 0 spiro atoms. The third-order valence-electron chi connectivity index (χ3n) is 3.20. The minimum atomic E-state index is -4.52. The average Bonchev–Trinajstić information content (AvgIpc) is 2.61. The lowest BCUT2D eigenvalue weighted by atomic mass is 10.1. The van der Waals surface area contributed by atoms with Gasteiger partial charge in [0.25, 0.3) is 0 Å². The molecule has 114 valence electrons. The van der Waals surface area contributed by atoms with Crippen LogP contribution in [0.25, 0.3) is 0 Å². The van der Waals surface area contributed by atoms with Crippen LogP contribution in [0.2, 0.25) is 0 Å². The van der Waals surface area contributed by atoms with Gasteiger partial charge in [-0.3, -0.25) is 4.79 Å². The van der Waals surface area contributed by atoms with E-state index in [1.54, 1.807) is 4.90 Å². The van der Waals surface area contributed by atoms with Gasteiger partial charge < -0.3 is 16.0 Å². The molecular formula is C13H14F3N3OS. The molecule has 3 N–H and O–H groups in total. The number of nitrogens with zero attached hydrogens (tertiary/aromatic N) is 1. The summed E-state index contributed by atoms with van der Waals surface area (Å²) in [7, 11) is 0. The predicted octanol–water partition coefficient (Wildman–Crippen LogP) is 1.67. The summed E-state index contributed by atoms with van der Waals surface area (Å²) in [5.74, 6) is -0.163. The van der Waals surface area contributed by atoms with E-state index in [9.17, 15) is 18.0 Å². The molecule has 2 rings (SSSR count). The highest BCUT2D eigenvalue weighted by molar-refractivity contribution is 7.80. The quantitative estimate of drug-likeness (QED) is 0.815. The van der Waals surface area contributed by atoms with Crippen molar-refractivity contribution in [1.82, 2.24) is 5.32 Å². The van der Waals surface area contributed by atoms with Crippen molar-refractivity contribution in [3.8, 4) is 0 Å². The molecule has 0 radical (unpaired) electrons. The Morgan fingerprint density at radius 1 is 1.38 bits per heavy atom. The summed E-state index contributed by atoms with van der Waals surface area (Å²) >= 11 is 4.71. The molecule has 1 aromatic rings. The predicted molar refractivity (Wildman–Crippen MR) is 77.2 cm³/mol. The molecule has 21 heavy (non-hydrogen) atoms. The molecule has 1 aromatic carbocycles. The van der Waals surface area contributed by atoms with Gasteiger partial charge in [-0.15, -0.1) is 0 Å². The maximum atomic E-state index is 12.9.